The molecule has 0 amide bonds. The molecule has 2 rings (SSSR count). The molecule has 2 nitrogen and oxygen atoms in total. The van der Waals surface area contributed by atoms with E-state index in [1.807, 2.05) is 0 Å². The first-order valence-corrected chi connectivity index (χ1v) is 4.34. The van der Waals surface area contributed by atoms with E-state index in [0.717, 1.165) is 6.20 Å². The van der Waals surface area contributed by atoms with Crippen LogP contribution in [0.4, 0.5) is 14.5 Å². The number of rotatable bonds is 1. The van der Waals surface area contributed by atoms with Crippen LogP contribution in [0.25, 0.3) is 11.3 Å². The van der Waals surface area contributed by atoms with E-state index in [1.54, 1.807) is 0 Å². The van der Waals surface area contributed by atoms with Crippen LogP contribution >= 0.6 is 0 Å². The van der Waals surface area contributed by atoms with E-state index in [9.17, 15) is 8.78 Å². The van der Waals surface area contributed by atoms with Crippen LogP contribution in [0.1, 0.15) is 0 Å². The lowest BCUT2D eigenvalue weighted by Crippen LogP contribution is -1.91. The summed E-state index contributed by atoms with van der Waals surface area (Å²) in [5.41, 5.74) is 6.60. The first kappa shape index (κ1) is 9.58. The van der Waals surface area contributed by atoms with Gasteiger partial charge in [-0.2, -0.15) is 0 Å². The molecule has 0 bridgehead atoms. The second kappa shape index (κ2) is 3.65. The fraction of sp³-hybridized carbons (Fsp3) is 0. The van der Waals surface area contributed by atoms with Crippen molar-refractivity contribution in [1.29, 1.82) is 0 Å². The molecule has 15 heavy (non-hydrogen) atoms. The van der Waals surface area contributed by atoms with Gasteiger partial charge in [0.2, 0.25) is 0 Å². The van der Waals surface area contributed by atoms with Crippen LogP contribution in [0.3, 0.4) is 0 Å². The molecule has 1 heterocycles. The molecule has 0 spiro atoms. The van der Waals surface area contributed by atoms with E-state index in [2.05, 4.69) is 4.98 Å². The third-order valence-corrected chi connectivity index (χ3v) is 1.99. The predicted molar refractivity (Wildman–Crippen MR) is 54.0 cm³/mol. The highest BCUT2D eigenvalue weighted by Gasteiger charge is 2.06. The number of hydrogen-bond acceptors (Lipinski definition) is 2. The van der Waals surface area contributed by atoms with Gasteiger partial charge in [-0.05, 0) is 30.3 Å². The van der Waals surface area contributed by atoms with Crippen LogP contribution in [0.15, 0.2) is 36.5 Å². The number of halogens is 2. The van der Waals surface area contributed by atoms with Crippen LogP contribution in [0, 0.1) is 11.6 Å². The molecule has 0 fully saturated rings. The quantitative estimate of drug-likeness (QED) is 0.728. The zero-order valence-corrected chi connectivity index (χ0v) is 7.74. The summed E-state index contributed by atoms with van der Waals surface area (Å²) in [6.45, 7) is 0. The maximum Gasteiger partial charge on any atom is 0.141 e. The Morgan fingerprint density at radius 2 is 1.87 bits per heavy atom. The van der Waals surface area contributed by atoms with Crippen molar-refractivity contribution in [2.75, 3.05) is 5.73 Å². The van der Waals surface area contributed by atoms with E-state index >= 15 is 0 Å². The molecule has 1 aromatic carbocycles. The summed E-state index contributed by atoms with van der Waals surface area (Å²) < 4.78 is 26.0. The highest BCUT2D eigenvalue weighted by atomic mass is 19.1. The summed E-state index contributed by atoms with van der Waals surface area (Å²) in [5, 5.41) is 0. The average Bonchev–Trinajstić information content (AvgIpc) is 2.23. The highest BCUT2D eigenvalue weighted by molar-refractivity contribution is 5.64. The van der Waals surface area contributed by atoms with Crippen molar-refractivity contribution >= 4 is 5.69 Å². The lowest BCUT2D eigenvalue weighted by atomic mass is 10.1. The summed E-state index contributed by atoms with van der Waals surface area (Å²) in [7, 11) is 0. The van der Waals surface area contributed by atoms with Gasteiger partial charge in [0.1, 0.15) is 11.6 Å². The van der Waals surface area contributed by atoms with Gasteiger partial charge in [0, 0.05) is 11.3 Å². The Labute approximate surface area is 85.4 Å². The Bertz CT molecular complexity index is 480. The summed E-state index contributed by atoms with van der Waals surface area (Å²) in [6.07, 6.45) is 1.04. The minimum atomic E-state index is -0.455. The first-order chi connectivity index (χ1) is 7.16. The summed E-state index contributed by atoms with van der Waals surface area (Å²) in [5.74, 6) is -0.883. The molecule has 76 valence electrons. The van der Waals surface area contributed by atoms with E-state index in [4.69, 9.17) is 5.73 Å². The average molecular weight is 206 g/mol. The van der Waals surface area contributed by atoms with Gasteiger partial charge < -0.3 is 5.73 Å². The molecule has 0 saturated heterocycles. The van der Waals surface area contributed by atoms with Gasteiger partial charge in [-0.1, -0.05) is 0 Å². The smallest absolute Gasteiger partial charge is 0.141 e. The molecule has 0 aliphatic heterocycles. The molecule has 0 unspecified atom stereocenters. The van der Waals surface area contributed by atoms with Gasteiger partial charge in [0.15, 0.2) is 0 Å². The van der Waals surface area contributed by atoms with Gasteiger partial charge in [-0.15, -0.1) is 0 Å². The van der Waals surface area contributed by atoms with E-state index < -0.39 is 11.6 Å². The normalized spacial score (nSPS) is 10.3. The standard InChI is InChI=1S/C11H8F2N2/c12-7-1-4-11(15-6-7)9-5-8(14)2-3-10(9)13/h1-6H,14H2. The summed E-state index contributed by atoms with van der Waals surface area (Å²) >= 11 is 0. The fourth-order valence-electron chi connectivity index (χ4n) is 1.27. The Balaban J connectivity index is 2.53. The second-order valence-electron chi connectivity index (χ2n) is 3.10. The molecule has 0 saturated carbocycles. The van der Waals surface area contributed by atoms with Crippen LogP contribution in [0.5, 0.6) is 0 Å². The minimum Gasteiger partial charge on any atom is -0.399 e. The van der Waals surface area contributed by atoms with Crippen LogP contribution in [-0.2, 0) is 0 Å². The number of benzene rings is 1. The van der Waals surface area contributed by atoms with Gasteiger partial charge in [0.05, 0.1) is 11.9 Å². The first-order valence-electron chi connectivity index (χ1n) is 4.34. The van der Waals surface area contributed by atoms with Gasteiger partial charge >= 0.3 is 0 Å². The Hall–Kier alpha value is -1.97. The molecular formula is C11H8F2N2. The van der Waals surface area contributed by atoms with Crippen LogP contribution in [-0.4, -0.2) is 4.98 Å². The van der Waals surface area contributed by atoms with E-state index in [-0.39, 0.29) is 5.56 Å². The molecule has 0 aliphatic carbocycles. The third kappa shape index (κ3) is 1.93. The minimum absolute atomic E-state index is 0.273. The SMILES string of the molecule is Nc1ccc(F)c(-c2ccc(F)cn2)c1. The zero-order valence-electron chi connectivity index (χ0n) is 7.74. The third-order valence-electron chi connectivity index (χ3n) is 1.99. The van der Waals surface area contributed by atoms with Crippen LogP contribution in [0.2, 0.25) is 0 Å². The number of pyridine rings is 1. The number of nitrogen functional groups attached to an aromatic ring is 1. The van der Waals surface area contributed by atoms with Crippen molar-refractivity contribution in [1.82, 2.24) is 4.98 Å². The van der Waals surface area contributed by atoms with Crippen molar-refractivity contribution in [2.45, 2.75) is 0 Å². The zero-order chi connectivity index (χ0) is 10.8. The Morgan fingerprint density at radius 1 is 1.07 bits per heavy atom. The highest BCUT2D eigenvalue weighted by Crippen LogP contribution is 2.22. The van der Waals surface area contributed by atoms with E-state index in [1.165, 1.54) is 30.3 Å². The van der Waals surface area contributed by atoms with Gasteiger partial charge in [-0.3, -0.25) is 4.98 Å². The Morgan fingerprint density at radius 3 is 2.53 bits per heavy atom. The lowest BCUT2D eigenvalue weighted by molar-refractivity contribution is 0.619. The summed E-state index contributed by atoms with van der Waals surface area (Å²) in [4.78, 5) is 3.78. The number of hydrogen-bond donors (Lipinski definition) is 1. The molecule has 0 atom stereocenters. The van der Waals surface area contributed by atoms with Crippen molar-refractivity contribution < 1.29 is 8.78 Å². The number of anilines is 1. The van der Waals surface area contributed by atoms with Gasteiger partial charge in [0.25, 0.3) is 0 Å². The fourth-order valence-corrected chi connectivity index (χ4v) is 1.27. The molecule has 2 N–H and O–H groups in total. The molecule has 4 heteroatoms. The van der Waals surface area contributed by atoms with E-state index in [0.29, 0.717) is 11.4 Å². The van der Waals surface area contributed by atoms with Crippen LogP contribution < -0.4 is 5.73 Å². The lowest BCUT2D eigenvalue weighted by Gasteiger charge is -2.03. The van der Waals surface area contributed by atoms with Crippen molar-refractivity contribution in [3.05, 3.63) is 48.2 Å². The van der Waals surface area contributed by atoms with Crippen molar-refractivity contribution in [2.24, 2.45) is 0 Å². The molecule has 0 radical (unpaired) electrons. The molecule has 2 aromatic rings. The molecule has 0 aliphatic rings. The van der Waals surface area contributed by atoms with Crippen molar-refractivity contribution in [3.63, 3.8) is 0 Å². The number of nitrogens with zero attached hydrogens (tertiary/aromatic N) is 1. The topological polar surface area (TPSA) is 38.9 Å². The predicted octanol–water partition coefficient (Wildman–Crippen LogP) is 2.61. The molecular weight excluding hydrogens is 198 g/mol. The number of nitrogens with two attached hydrogens (primary N) is 1. The second-order valence-corrected chi connectivity index (χ2v) is 3.10. The maximum absolute atomic E-state index is 13.4. The largest absolute Gasteiger partial charge is 0.399 e. The summed E-state index contributed by atoms with van der Waals surface area (Å²) in [6, 6.07) is 6.83. The van der Waals surface area contributed by atoms with Crippen molar-refractivity contribution in [3.8, 4) is 11.3 Å². The maximum atomic E-state index is 13.4. The molecule has 1 aromatic heterocycles. The number of aromatic nitrogens is 1. The monoisotopic (exact) mass is 206 g/mol. The Kier molecular flexibility index (Phi) is 2.33. The van der Waals surface area contributed by atoms with Gasteiger partial charge in [-0.25, -0.2) is 8.78 Å².